The summed E-state index contributed by atoms with van der Waals surface area (Å²) in [4.78, 5) is 21.5. The Morgan fingerprint density at radius 1 is 0.972 bits per heavy atom. The zero-order chi connectivity index (χ0) is 25.3. The van der Waals surface area contributed by atoms with Crippen molar-refractivity contribution < 1.29 is 13.2 Å². The van der Waals surface area contributed by atoms with E-state index in [1.54, 1.807) is 42.6 Å². The zero-order valence-corrected chi connectivity index (χ0v) is 20.2. The highest BCUT2D eigenvalue weighted by Crippen LogP contribution is 2.32. The lowest BCUT2D eigenvalue weighted by Gasteiger charge is -2.12. The van der Waals surface area contributed by atoms with E-state index in [0.29, 0.717) is 34.8 Å². The number of imidazole rings is 1. The molecule has 0 saturated heterocycles. The SMILES string of the molecule is CS(=O)(=O)c1ccc2c(c1)nc(-c1cccnc1N)n2-c1ccc(CNC(=O)c2ccccc2)cc1. The minimum atomic E-state index is -3.40. The van der Waals surface area contributed by atoms with E-state index in [9.17, 15) is 13.2 Å². The van der Waals surface area contributed by atoms with Gasteiger partial charge in [-0.2, -0.15) is 0 Å². The predicted octanol–water partition coefficient (Wildman–Crippen LogP) is 4.00. The lowest BCUT2D eigenvalue weighted by atomic mass is 10.1. The van der Waals surface area contributed by atoms with Crippen LogP contribution in [0.4, 0.5) is 5.82 Å². The van der Waals surface area contributed by atoms with Crippen molar-refractivity contribution >= 4 is 32.6 Å². The van der Waals surface area contributed by atoms with Crippen molar-refractivity contribution in [3.8, 4) is 17.1 Å². The molecule has 0 fully saturated rings. The number of carbonyl (C=O) groups is 1. The van der Waals surface area contributed by atoms with Crippen molar-refractivity contribution in [2.45, 2.75) is 11.4 Å². The maximum absolute atomic E-state index is 12.4. The Bertz CT molecular complexity index is 1680. The van der Waals surface area contributed by atoms with Gasteiger partial charge in [0.2, 0.25) is 0 Å². The summed E-state index contributed by atoms with van der Waals surface area (Å²) in [5.74, 6) is 0.723. The van der Waals surface area contributed by atoms with Gasteiger partial charge in [0.15, 0.2) is 9.84 Å². The highest BCUT2D eigenvalue weighted by Gasteiger charge is 2.19. The summed E-state index contributed by atoms with van der Waals surface area (Å²) < 4.78 is 26.1. The van der Waals surface area contributed by atoms with E-state index in [4.69, 9.17) is 10.7 Å². The van der Waals surface area contributed by atoms with E-state index in [1.165, 1.54) is 6.26 Å². The lowest BCUT2D eigenvalue weighted by molar-refractivity contribution is 0.0951. The second-order valence-electron chi connectivity index (χ2n) is 8.34. The van der Waals surface area contributed by atoms with E-state index in [1.807, 2.05) is 53.1 Å². The molecule has 0 spiro atoms. The Morgan fingerprint density at radius 3 is 2.42 bits per heavy atom. The number of rotatable bonds is 6. The van der Waals surface area contributed by atoms with Crippen LogP contribution < -0.4 is 11.1 Å². The molecular weight excluding hydrogens is 474 g/mol. The van der Waals surface area contributed by atoms with Crippen LogP contribution in [0, 0.1) is 0 Å². The first kappa shape index (κ1) is 23.3. The normalized spacial score (nSPS) is 11.5. The van der Waals surface area contributed by atoms with E-state index in [0.717, 1.165) is 16.8 Å². The number of nitrogens with one attached hydrogen (secondary N) is 1. The summed E-state index contributed by atoms with van der Waals surface area (Å²) in [6, 6.07) is 25.2. The number of aromatic nitrogens is 3. The molecule has 180 valence electrons. The molecule has 0 atom stereocenters. The molecule has 0 radical (unpaired) electrons. The summed E-state index contributed by atoms with van der Waals surface area (Å²) in [5, 5.41) is 2.92. The Kier molecular flexibility index (Phi) is 5.99. The summed E-state index contributed by atoms with van der Waals surface area (Å²) >= 11 is 0. The third-order valence-electron chi connectivity index (χ3n) is 5.82. The van der Waals surface area contributed by atoms with Gasteiger partial charge in [0.05, 0.1) is 21.5 Å². The van der Waals surface area contributed by atoms with Crippen LogP contribution in [-0.2, 0) is 16.4 Å². The van der Waals surface area contributed by atoms with Crippen molar-refractivity contribution in [2.24, 2.45) is 0 Å². The molecule has 0 aliphatic carbocycles. The number of sulfone groups is 1. The van der Waals surface area contributed by atoms with Gasteiger partial charge in [0.25, 0.3) is 5.91 Å². The molecule has 36 heavy (non-hydrogen) atoms. The number of nitrogen functional groups attached to an aromatic ring is 1. The molecule has 2 heterocycles. The van der Waals surface area contributed by atoms with Crippen LogP contribution in [0.15, 0.2) is 96.0 Å². The molecule has 3 aromatic carbocycles. The minimum Gasteiger partial charge on any atom is -0.383 e. The molecular formula is C27H23N5O3S. The summed E-state index contributed by atoms with van der Waals surface area (Å²) in [6.45, 7) is 0.374. The first-order chi connectivity index (χ1) is 17.3. The molecule has 0 unspecified atom stereocenters. The number of hydrogen-bond donors (Lipinski definition) is 2. The van der Waals surface area contributed by atoms with Gasteiger partial charge in [-0.15, -0.1) is 0 Å². The number of benzene rings is 3. The zero-order valence-electron chi connectivity index (χ0n) is 19.4. The molecule has 9 heteroatoms. The van der Waals surface area contributed by atoms with Crippen molar-refractivity contribution in [3.05, 3.63) is 102 Å². The molecule has 5 rings (SSSR count). The monoisotopic (exact) mass is 497 g/mol. The van der Waals surface area contributed by atoms with Gasteiger partial charge in [-0.3, -0.25) is 9.36 Å². The Labute approximate surface area is 208 Å². The number of amides is 1. The molecule has 1 amide bonds. The van der Waals surface area contributed by atoms with Gasteiger partial charge in [-0.05, 0) is 60.2 Å². The van der Waals surface area contributed by atoms with Crippen molar-refractivity contribution in [1.82, 2.24) is 19.9 Å². The summed E-state index contributed by atoms with van der Waals surface area (Å²) in [5.41, 5.74) is 10.4. The van der Waals surface area contributed by atoms with Crippen LogP contribution in [0.2, 0.25) is 0 Å². The van der Waals surface area contributed by atoms with Gasteiger partial charge < -0.3 is 11.1 Å². The quantitative estimate of drug-likeness (QED) is 0.366. The summed E-state index contributed by atoms with van der Waals surface area (Å²) in [6.07, 6.45) is 2.77. The van der Waals surface area contributed by atoms with Crippen LogP contribution in [0.25, 0.3) is 28.1 Å². The topological polar surface area (TPSA) is 120 Å². The third-order valence-corrected chi connectivity index (χ3v) is 6.93. The molecule has 0 aliphatic rings. The first-order valence-corrected chi connectivity index (χ1v) is 13.1. The van der Waals surface area contributed by atoms with Gasteiger partial charge in [-0.1, -0.05) is 30.3 Å². The number of pyridine rings is 1. The van der Waals surface area contributed by atoms with Crippen LogP contribution in [0.1, 0.15) is 15.9 Å². The number of nitrogens with two attached hydrogens (primary N) is 1. The fraction of sp³-hybridized carbons (Fsp3) is 0.0741. The van der Waals surface area contributed by atoms with Gasteiger partial charge in [0, 0.05) is 30.2 Å². The van der Waals surface area contributed by atoms with Crippen molar-refractivity contribution in [1.29, 1.82) is 0 Å². The lowest BCUT2D eigenvalue weighted by Crippen LogP contribution is -2.22. The Morgan fingerprint density at radius 2 is 1.72 bits per heavy atom. The largest absolute Gasteiger partial charge is 0.383 e. The van der Waals surface area contributed by atoms with Crippen LogP contribution >= 0.6 is 0 Å². The van der Waals surface area contributed by atoms with Crippen LogP contribution in [0.5, 0.6) is 0 Å². The van der Waals surface area contributed by atoms with Crippen LogP contribution in [-0.4, -0.2) is 35.1 Å². The number of carbonyl (C=O) groups excluding carboxylic acids is 1. The van der Waals surface area contributed by atoms with Crippen LogP contribution in [0.3, 0.4) is 0 Å². The first-order valence-electron chi connectivity index (χ1n) is 11.2. The van der Waals surface area contributed by atoms with Gasteiger partial charge in [0.1, 0.15) is 11.6 Å². The average molecular weight is 498 g/mol. The molecule has 0 aliphatic heterocycles. The molecule has 3 N–H and O–H groups in total. The number of anilines is 1. The standard InChI is InChI=1S/C27H23N5O3S/c1-36(34,35)21-13-14-24-23(16-21)31-26(22-8-5-15-29-25(22)28)32(24)20-11-9-18(10-12-20)17-30-27(33)19-6-3-2-4-7-19/h2-16H,17H2,1H3,(H2,28,29)(H,30,33). The second kappa shape index (κ2) is 9.27. The molecule has 0 saturated carbocycles. The smallest absolute Gasteiger partial charge is 0.251 e. The Hall–Kier alpha value is -4.50. The average Bonchev–Trinajstić information content (AvgIpc) is 3.26. The second-order valence-corrected chi connectivity index (χ2v) is 10.4. The fourth-order valence-electron chi connectivity index (χ4n) is 3.98. The van der Waals surface area contributed by atoms with E-state index >= 15 is 0 Å². The molecule has 5 aromatic rings. The van der Waals surface area contributed by atoms with Gasteiger partial charge in [-0.25, -0.2) is 18.4 Å². The van der Waals surface area contributed by atoms with Crippen molar-refractivity contribution in [3.63, 3.8) is 0 Å². The highest BCUT2D eigenvalue weighted by atomic mass is 32.2. The number of fused-ring (bicyclic) bond motifs is 1. The molecule has 2 aromatic heterocycles. The fourth-order valence-corrected chi connectivity index (χ4v) is 4.62. The summed E-state index contributed by atoms with van der Waals surface area (Å²) in [7, 11) is -3.40. The maximum Gasteiger partial charge on any atom is 0.251 e. The highest BCUT2D eigenvalue weighted by molar-refractivity contribution is 7.90. The van der Waals surface area contributed by atoms with E-state index in [2.05, 4.69) is 10.3 Å². The predicted molar refractivity (Wildman–Crippen MR) is 139 cm³/mol. The van der Waals surface area contributed by atoms with E-state index < -0.39 is 9.84 Å². The maximum atomic E-state index is 12.4. The molecule has 8 nitrogen and oxygen atoms in total. The Balaban J connectivity index is 1.53. The van der Waals surface area contributed by atoms with Crippen molar-refractivity contribution in [2.75, 3.05) is 12.0 Å². The molecule has 0 bridgehead atoms. The minimum absolute atomic E-state index is 0.142. The third kappa shape index (κ3) is 4.56. The van der Waals surface area contributed by atoms with Gasteiger partial charge >= 0.3 is 0 Å². The number of nitrogens with zero attached hydrogens (tertiary/aromatic N) is 3. The number of hydrogen-bond acceptors (Lipinski definition) is 6. The van der Waals surface area contributed by atoms with E-state index in [-0.39, 0.29) is 10.8 Å².